The van der Waals surface area contributed by atoms with Crippen LogP contribution in [0, 0.1) is 9.49 Å². The molecule has 0 radical (unpaired) electrons. The van der Waals surface area contributed by atoms with E-state index in [4.69, 9.17) is 16.4 Å². The number of nitrogens with zero attached hydrogens (tertiary/aromatic N) is 2. The molecule has 1 aromatic heterocycles. The highest BCUT2D eigenvalue weighted by Crippen LogP contribution is 2.31. The second-order valence-electron chi connectivity index (χ2n) is 6.62. The maximum absolute atomic E-state index is 12.7. The fourth-order valence-corrected chi connectivity index (χ4v) is 3.30. The van der Waals surface area contributed by atoms with Crippen molar-refractivity contribution in [2.24, 2.45) is 5.92 Å². The summed E-state index contributed by atoms with van der Waals surface area (Å²) < 4.78 is 2.79. The molecule has 1 heterocycles. The molecule has 8 heteroatoms. The van der Waals surface area contributed by atoms with Crippen molar-refractivity contribution in [2.45, 2.75) is 12.8 Å². The Balaban J connectivity index is 1.64. The number of hydroxylamine groups is 1. The smallest absolute Gasteiger partial charge is 0.277 e. The molecular weight excluding hydrogens is 491 g/mol. The molecule has 0 spiro atoms. The van der Waals surface area contributed by atoms with E-state index in [1.54, 1.807) is 23.1 Å². The molecule has 2 N–H and O–H groups in total. The minimum Gasteiger partial charge on any atom is -0.355 e. The van der Waals surface area contributed by atoms with Gasteiger partial charge in [0.15, 0.2) is 0 Å². The standard InChI is InChI=1S/C20H18ClIN4O2/c21-17-10-16(20(27)25-28-12-13-2-3-13)18(11-19(17)26-9-1-8-23-26)24-15-6-4-14(22)5-7-15/h1,4-11,13,24H,2-3,12H2,(H,25,27). The van der Waals surface area contributed by atoms with Gasteiger partial charge in [0.05, 0.1) is 28.6 Å². The van der Waals surface area contributed by atoms with Crippen LogP contribution in [0.2, 0.25) is 5.02 Å². The lowest BCUT2D eigenvalue weighted by Crippen LogP contribution is -2.25. The van der Waals surface area contributed by atoms with Crippen molar-refractivity contribution in [1.82, 2.24) is 15.3 Å². The molecule has 2 aromatic carbocycles. The van der Waals surface area contributed by atoms with Gasteiger partial charge in [-0.05, 0) is 83.8 Å². The van der Waals surface area contributed by atoms with Crippen LogP contribution in [-0.4, -0.2) is 22.3 Å². The Morgan fingerprint density at radius 1 is 1.29 bits per heavy atom. The fourth-order valence-electron chi connectivity index (χ4n) is 2.69. The number of aromatic nitrogens is 2. The molecule has 0 aliphatic heterocycles. The monoisotopic (exact) mass is 508 g/mol. The van der Waals surface area contributed by atoms with E-state index in [1.807, 2.05) is 36.4 Å². The van der Waals surface area contributed by atoms with Crippen LogP contribution >= 0.6 is 34.2 Å². The molecule has 6 nitrogen and oxygen atoms in total. The lowest BCUT2D eigenvalue weighted by Gasteiger charge is -2.15. The SMILES string of the molecule is O=C(NOCC1CC1)c1cc(Cl)c(-n2cccn2)cc1Nc1ccc(I)cc1. The highest BCUT2D eigenvalue weighted by molar-refractivity contribution is 14.1. The highest BCUT2D eigenvalue weighted by atomic mass is 127. The highest BCUT2D eigenvalue weighted by Gasteiger charge is 2.23. The molecule has 144 valence electrons. The quantitative estimate of drug-likeness (QED) is 0.350. The van der Waals surface area contributed by atoms with Crippen LogP contribution in [0.1, 0.15) is 23.2 Å². The Morgan fingerprint density at radius 3 is 2.75 bits per heavy atom. The summed E-state index contributed by atoms with van der Waals surface area (Å²) in [5, 5.41) is 7.96. The molecule has 1 amide bonds. The van der Waals surface area contributed by atoms with Gasteiger partial charge in [-0.15, -0.1) is 0 Å². The van der Waals surface area contributed by atoms with Crippen molar-refractivity contribution in [3.05, 3.63) is 69.0 Å². The molecule has 0 atom stereocenters. The van der Waals surface area contributed by atoms with Gasteiger partial charge in [0.1, 0.15) is 0 Å². The molecule has 3 aromatic rings. The van der Waals surface area contributed by atoms with Crippen molar-refractivity contribution < 1.29 is 9.63 Å². The Bertz CT molecular complexity index is 973. The minimum absolute atomic E-state index is 0.345. The Kier molecular flexibility index (Phi) is 5.84. The first kappa shape index (κ1) is 19.2. The van der Waals surface area contributed by atoms with Gasteiger partial charge in [0.2, 0.25) is 0 Å². The van der Waals surface area contributed by atoms with Crippen molar-refractivity contribution in [3.8, 4) is 5.69 Å². The molecule has 0 saturated heterocycles. The number of hydrogen-bond donors (Lipinski definition) is 2. The number of nitrogens with one attached hydrogen (secondary N) is 2. The summed E-state index contributed by atoms with van der Waals surface area (Å²) in [6.45, 7) is 0.532. The molecule has 1 fully saturated rings. The molecule has 1 aliphatic rings. The van der Waals surface area contributed by atoms with E-state index in [0.29, 0.717) is 34.5 Å². The second-order valence-corrected chi connectivity index (χ2v) is 8.27. The first-order chi connectivity index (χ1) is 13.6. The van der Waals surface area contributed by atoms with E-state index in [1.165, 1.54) is 0 Å². The van der Waals surface area contributed by atoms with E-state index < -0.39 is 0 Å². The first-order valence-corrected chi connectivity index (χ1v) is 10.3. The number of amides is 1. The van der Waals surface area contributed by atoms with E-state index in [-0.39, 0.29) is 5.91 Å². The summed E-state index contributed by atoms with van der Waals surface area (Å²) in [5.74, 6) is 0.207. The number of hydrogen-bond acceptors (Lipinski definition) is 4. The van der Waals surface area contributed by atoms with Crippen LogP contribution in [0.3, 0.4) is 0 Å². The normalized spacial score (nSPS) is 13.4. The van der Waals surface area contributed by atoms with E-state index in [9.17, 15) is 4.79 Å². The number of carbonyl (C=O) groups excluding carboxylic acids is 1. The van der Waals surface area contributed by atoms with Crippen LogP contribution in [0.25, 0.3) is 5.69 Å². The third-order valence-corrected chi connectivity index (χ3v) is 5.41. The van der Waals surface area contributed by atoms with Gasteiger partial charge in [-0.25, -0.2) is 10.2 Å². The average molecular weight is 509 g/mol. The molecule has 4 rings (SSSR count). The summed E-state index contributed by atoms with van der Waals surface area (Å²) in [4.78, 5) is 18.1. The third-order valence-electron chi connectivity index (χ3n) is 4.39. The average Bonchev–Trinajstić information content (AvgIpc) is 3.35. The summed E-state index contributed by atoms with van der Waals surface area (Å²) in [6, 6.07) is 13.1. The molecule has 0 unspecified atom stereocenters. The third kappa shape index (κ3) is 4.65. The number of halogens is 2. The maximum atomic E-state index is 12.7. The van der Waals surface area contributed by atoms with E-state index in [2.05, 4.69) is 38.5 Å². The van der Waals surface area contributed by atoms with Crippen molar-refractivity contribution in [2.75, 3.05) is 11.9 Å². The number of rotatable bonds is 7. The van der Waals surface area contributed by atoms with Crippen LogP contribution in [0.4, 0.5) is 11.4 Å². The second kappa shape index (κ2) is 8.50. The zero-order valence-corrected chi connectivity index (χ0v) is 17.8. The summed E-state index contributed by atoms with van der Waals surface area (Å²) in [7, 11) is 0. The first-order valence-electron chi connectivity index (χ1n) is 8.88. The fraction of sp³-hybridized carbons (Fsp3) is 0.200. The van der Waals surface area contributed by atoms with E-state index in [0.717, 1.165) is 22.1 Å². The van der Waals surface area contributed by atoms with Crippen LogP contribution in [-0.2, 0) is 4.84 Å². The van der Waals surface area contributed by atoms with Crippen LogP contribution < -0.4 is 10.8 Å². The summed E-state index contributed by atoms with van der Waals surface area (Å²) in [6.07, 6.45) is 5.78. The van der Waals surface area contributed by atoms with Gasteiger partial charge >= 0.3 is 0 Å². The van der Waals surface area contributed by atoms with Gasteiger partial charge in [-0.1, -0.05) is 11.6 Å². The lowest BCUT2D eigenvalue weighted by molar-refractivity contribution is 0.0271. The Morgan fingerprint density at radius 2 is 2.07 bits per heavy atom. The van der Waals surface area contributed by atoms with Crippen molar-refractivity contribution in [1.29, 1.82) is 0 Å². The molecule has 1 saturated carbocycles. The van der Waals surface area contributed by atoms with Gasteiger partial charge in [0.25, 0.3) is 5.91 Å². The van der Waals surface area contributed by atoms with Crippen LogP contribution in [0.15, 0.2) is 54.9 Å². The number of anilines is 2. The molecular formula is C20H18ClIN4O2. The predicted octanol–water partition coefficient (Wildman–Crippen LogP) is 4.95. The zero-order chi connectivity index (χ0) is 19.5. The predicted molar refractivity (Wildman–Crippen MR) is 117 cm³/mol. The largest absolute Gasteiger partial charge is 0.355 e. The summed E-state index contributed by atoms with van der Waals surface area (Å²) >= 11 is 8.69. The zero-order valence-electron chi connectivity index (χ0n) is 14.9. The molecule has 0 bridgehead atoms. The summed E-state index contributed by atoms with van der Waals surface area (Å²) in [5.41, 5.74) is 5.08. The van der Waals surface area contributed by atoms with Gasteiger partial charge in [0, 0.05) is 21.7 Å². The minimum atomic E-state index is -0.345. The van der Waals surface area contributed by atoms with Crippen molar-refractivity contribution >= 4 is 51.5 Å². The topological polar surface area (TPSA) is 68.2 Å². The number of benzene rings is 2. The molecule has 28 heavy (non-hydrogen) atoms. The molecule has 1 aliphatic carbocycles. The van der Waals surface area contributed by atoms with Gasteiger partial charge < -0.3 is 5.32 Å². The Labute approximate surface area is 181 Å². The van der Waals surface area contributed by atoms with Crippen molar-refractivity contribution in [3.63, 3.8) is 0 Å². The van der Waals surface area contributed by atoms with E-state index >= 15 is 0 Å². The lowest BCUT2D eigenvalue weighted by atomic mass is 10.1. The maximum Gasteiger partial charge on any atom is 0.277 e. The Hall–Kier alpha value is -2.10. The van der Waals surface area contributed by atoms with Gasteiger partial charge in [-0.2, -0.15) is 5.10 Å². The van der Waals surface area contributed by atoms with Crippen LogP contribution in [0.5, 0.6) is 0 Å². The number of carbonyl (C=O) groups is 1. The van der Waals surface area contributed by atoms with Gasteiger partial charge in [-0.3, -0.25) is 9.63 Å².